The third kappa shape index (κ3) is 5.60. The Hall–Kier alpha value is -2.86. The summed E-state index contributed by atoms with van der Waals surface area (Å²) in [6.45, 7) is 2.18. The molecule has 2 aromatic rings. The van der Waals surface area contributed by atoms with Crippen molar-refractivity contribution >= 4 is 35.1 Å². The van der Waals surface area contributed by atoms with E-state index in [-0.39, 0.29) is 24.4 Å². The molecule has 0 fully saturated rings. The number of halogens is 1. The van der Waals surface area contributed by atoms with Gasteiger partial charge in [-0.15, -0.1) is 0 Å². The summed E-state index contributed by atoms with van der Waals surface area (Å²) in [4.78, 5) is 35.9. The molecule has 6 nitrogen and oxygen atoms in total. The summed E-state index contributed by atoms with van der Waals surface area (Å²) >= 11 is 5.90. The van der Waals surface area contributed by atoms with Gasteiger partial charge in [-0.1, -0.05) is 35.9 Å². The van der Waals surface area contributed by atoms with Crippen molar-refractivity contribution in [2.24, 2.45) is 0 Å². The zero-order chi connectivity index (χ0) is 18.9. The fraction of sp³-hybridized carbons (Fsp3) is 0.211. The monoisotopic (exact) mass is 374 g/mol. The van der Waals surface area contributed by atoms with Crippen molar-refractivity contribution in [3.05, 3.63) is 64.7 Å². The Kier molecular flexibility index (Phi) is 7.17. The molecule has 0 radical (unpaired) electrons. The minimum Gasteiger partial charge on any atom is -0.462 e. The van der Waals surface area contributed by atoms with Crippen LogP contribution in [0.25, 0.3) is 0 Å². The van der Waals surface area contributed by atoms with Gasteiger partial charge in [-0.25, -0.2) is 4.79 Å². The maximum Gasteiger partial charge on any atom is 0.340 e. The summed E-state index contributed by atoms with van der Waals surface area (Å²) in [5.41, 5.74) is 1.36. The number of amides is 2. The lowest BCUT2D eigenvalue weighted by atomic mass is 10.1. The minimum absolute atomic E-state index is 0.189. The van der Waals surface area contributed by atoms with Crippen LogP contribution in [-0.2, 0) is 20.7 Å². The molecule has 0 atom stereocenters. The number of nitrogens with one attached hydrogen (secondary N) is 2. The summed E-state index contributed by atoms with van der Waals surface area (Å²) in [7, 11) is 0. The highest BCUT2D eigenvalue weighted by molar-refractivity contribution is 6.40. The molecule has 2 aromatic carbocycles. The predicted molar refractivity (Wildman–Crippen MR) is 99.2 cm³/mol. The highest BCUT2D eigenvalue weighted by Crippen LogP contribution is 2.16. The Bertz CT molecular complexity index is 808. The Morgan fingerprint density at radius 2 is 1.81 bits per heavy atom. The molecule has 136 valence electrons. The average Bonchev–Trinajstić information content (AvgIpc) is 2.62. The molecule has 7 heteroatoms. The summed E-state index contributed by atoms with van der Waals surface area (Å²) in [6, 6.07) is 13.6. The number of rotatable bonds is 6. The topological polar surface area (TPSA) is 84.5 Å². The highest BCUT2D eigenvalue weighted by atomic mass is 35.5. The molecular formula is C19H19ClN2O4. The fourth-order valence-corrected chi connectivity index (χ4v) is 2.46. The summed E-state index contributed by atoms with van der Waals surface area (Å²) < 4.78 is 4.93. The lowest BCUT2D eigenvalue weighted by Gasteiger charge is -2.10. The smallest absolute Gasteiger partial charge is 0.340 e. The van der Waals surface area contributed by atoms with E-state index in [0.29, 0.717) is 11.4 Å². The van der Waals surface area contributed by atoms with E-state index in [9.17, 15) is 14.4 Å². The van der Waals surface area contributed by atoms with Crippen LogP contribution in [0.15, 0.2) is 48.5 Å². The van der Waals surface area contributed by atoms with Gasteiger partial charge in [0.1, 0.15) is 0 Å². The molecule has 0 bridgehead atoms. The second kappa shape index (κ2) is 9.58. The van der Waals surface area contributed by atoms with Crippen molar-refractivity contribution < 1.29 is 19.1 Å². The number of ether oxygens (including phenoxy) is 1. The first kappa shape index (κ1) is 19.5. The third-order valence-corrected chi connectivity index (χ3v) is 3.70. The number of carbonyl (C=O) groups is 3. The zero-order valence-corrected chi connectivity index (χ0v) is 15.0. The standard InChI is InChI=1S/C19H19ClN2O4/c1-2-26-19(25)15-8-3-4-9-16(15)22-18(24)17(23)21-11-10-13-6-5-7-14(20)12-13/h3-9,12H,2,10-11H2,1H3,(H,21,23)(H,22,24). The van der Waals surface area contributed by atoms with E-state index in [1.54, 1.807) is 31.2 Å². The van der Waals surface area contributed by atoms with Gasteiger partial charge in [0.15, 0.2) is 0 Å². The zero-order valence-electron chi connectivity index (χ0n) is 14.3. The van der Waals surface area contributed by atoms with Crippen LogP contribution < -0.4 is 10.6 Å². The highest BCUT2D eigenvalue weighted by Gasteiger charge is 2.18. The van der Waals surface area contributed by atoms with Gasteiger partial charge < -0.3 is 15.4 Å². The van der Waals surface area contributed by atoms with E-state index < -0.39 is 17.8 Å². The summed E-state index contributed by atoms with van der Waals surface area (Å²) in [5, 5.41) is 5.58. The first-order valence-corrected chi connectivity index (χ1v) is 8.49. The van der Waals surface area contributed by atoms with Gasteiger partial charge in [-0.05, 0) is 43.2 Å². The fourth-order valence-electron chi connectivity index (χ4n) is 2.25. The third-order valence-electron chi connectivity index (χ3n) is 3.47. The first-order valence-electron chi connectivity index (χ1n) is 8.11. The van der Waals surface area contributed by atoms with E-state index >= 15 is 0 Å². The molecule has 0 aromatic heterocycles. The molecule has 0 saturated carbocycles. The number of hydrogen-bond donors (Lipinski definition) is 2. The van der Waals surface area contributed by atoms with Crippen molar-refractivity contribution in [3.8, 4) is 0 Å². The van der Waals surface area contributed by atoms with Crippen LogP contribution in [0.1, 0.15) is 22.8 Å². The Morgan fingerprint density at radius 3 is 2.54 bits per heavy atom. The molecule has 0 unspecified atom stereocenters. The molecule has 0 aliphatic carbocycles. The number of anilines is 1. The quantitative estimate of drug-likeness (QED) is 0.601. The molecule has 0 aliphatic heterocycles. The van der Waals surface area contributed by atoms with Crippen LogP contribution in [0, 0.1) is 0 Å². The van der Waals surface area contributed by atoms with Crippen LogP contribution >= 0.6 is 11.6 Å². The predicted octanol–water partition coefficient (Wildman–Crippen LogP) is 2.81. The lowest BCUT2D eigenvalue weighted by molar-refractivity contribution is -0.136. The van der Waals surface area contributed by atoms with E-state index in [4.69, 9.17) is 16.3 Å². The van der Waals surface area contributed by atoms with Gasteiger partial charge in [-0.2, -0.15) is 0 Å². The second-order valence-electron chi connectivity index (χ2n) is 5.36. The summed E-state index contributed by atoms with van der Waals surface area (Å²) in [5.74, 6) is -2.21. The van der Waals surface area contributed by atoms with Gasteiger partial charge in [-0.3, -0.25) is 9.59 Å². The van der Waals surface area contributed by atoms with Crippen molar-refractivity contribution in [2.45, 2.75) is 13.3 Å². The molecule has 26 heavy (non-hydrogen) atoms. The van der Waals surface area contributed by atoms with Crippen LogP contribution in [-0.4, -0.2) is 30.9 Å². The minimum atomic E-state index is -0.854. The van der Waals surface area contributed by atoms with Crippen LogP contribution in [0.3, 0.4) is 0 Å². The number of esters is 1. The van der Waals surface area contributed by atoms with E-state index in [1.807, 2.05) is 12.1 Å². The SMILES string of the molecule is CCOC(=O)c1ccccc1NC(=O)C(=O)NCCc1cccc(Cl)c1. The first-order chi connectivity index (χ1) is 12.5. The molecule has 0 aliphatic rings. The number of carbonyl (C=O) groups excluding carboxylic acids is 3. The van der Waals surface area contributed by atoms with Crippen LogP contribution in [0.2, 0.25) is 5.02 Å². The molecule has 0 spiro atoms. The van der Waals surface area contributed by atoms with Gasteiger partial charge in [0.25, 0.3) is 0 Å². The Labute approximate surface area is 156 Å². The molecular weight excluding hydrogens is 356 g/mol. The number of para-hydroxylation sites is 1. The molecule has 0 heterocycles. The van der Waals surface area contributed by atoms with Crippen molar-refractivity contribution in [2.75, 3.05) is 18.5 Å². The van der Waals surface area contributed by atoms with Crippen LogP contribution in [0.5, 0.6) is 0 Å². The molecule has 2 rings (SSSR count). The maximum atomic E-state index is 12.0. The van der Waals surface area contributed by atoms with Crippen LogP contribution in [0.4, 0.5) is 5.69 Å². The average molecular weight is 375 g/mol. The van der Waals surface area contributed by atoms with Crippen molar-refractivity contribution in [3.63, 3.8) is 0 Å². The van der Waals surface area contributed by atoms with Crippen molar-refractivity contribution in [1.29, 1.82) is 0 Å². The lowest BCUT2D eigenvalue weighted by Crippen LogP contribution is -2.36. The van der Waals surface area contributed by atoms with Gasteiger partial charge >= 0.3 is 17.8 Å². The van der Waals surface area contributed by atoms with E-state index in [2.05, 4.69) is 10.6 Å². The molecule has 0 saturated heterocycles. The van der Waals surface area contributed by atoms with Crippen molar-refractivity contribution in [1.82, 2.24) is 5.32 Å². The van der Waals surface area contributed by atoms with Gasteiger partial charge in [0.05, 0.1) is 17.9 Å². The largest absolute Gasteiger partial charge is 0.462 e. The summed E-state index contributed by atoms with van der Waals surface area (Å²) in [6.07, 6.45) is 0.541. The van der Waals surface area contributed by atoms with Gasteiger partial charge in [0, 0.05) is 11.6 Å². The number of benzene rings is 2. The normalized spacial score (nSPS) is 10.1. The number of hydrogen-bond acceptors (Lipinski definition) is 4. The van der Waals surface area contributed by atoms with E-state index in [0.717, 1.165) is 5.56 Å². The van der Waals surface area contributed by atoms with E-state index in [1.165, 1.54) is 12.1 Å². The Morgan fingerprint density at radius 1 is 1.04 bits per heavy atom. The second-order valence-corrected chi connectivity index (χ2v) is 5.79. The molecule has 2 amide bonds. The van der Waals surface area contributed by atoms with Gasteiger partial charge in [0.2, 0.25) is 0 Å². The maximum absolute atomic E-state index is 12.0. The molecule has 2 N–H and O–H groups in total. The Balaban J connectivity index is 1.91.